The Kier molecular flexibility index (Phi) is 9.12. The lowest BCUT2D eigenvalue weighted by molar-refractivity contribution is -0.127. The average molecular weight is 546 g/mol. The number of aliphatic hydroxyl groups is 1. The minimum atomic E-state index is -0.555. The minimum Gasteiger partial charge on any atom is -0.496 e. The van der Waals surface area contributed by atoms with Crippen molar-refractivity contribution < 1.29 is 19.4 Å². The zero-order valence-corrected chi connectivity index (χ0v) is 23.4. The minimum absolute atomic E-state index is 0.0244. The summed E-state index contributed by atoms with van der Waals surface area (Å²) in [7, 11) is 5.48. The Labute approximate surface area is 226 Å². The van der Waals surface area contributed by atoms with E-state index in [0.717, 1.165) is 27.5 Å². The molecule has 1 saturated heterocycles. The average Bonchev–Trinajstić information content (AvgIpc) is 3.65. The number of hydrogen-bond donors (Lipinski definition) is 2. The van der Waals surface area contributed by atoms with E-state index < -0.39 is 6.23 Å². The second-order valence-corrected chi connectivity index (χ2v) is 12.0. The molecule has 0 spiro atoms. The number of rotatable bonds is 10. The third-order valence-corrected chi connectivity index (χ3v) is 8.56. The normalized spacial score (nSPS) is 16.9. The summed E-state index contributed by atoms with van der Waals surface area (Å²) in [6, 6.07) is 3.77. The van der Waals surface area contributed by atoms with Crippen LogP contribution in [0.2, 0.25) is 0 Å². The molecule has 200 valence electrons. The van der Waals surface area contributed by atoms with Gasteiger partial charge in [-0.1, -0.05) is 29.2 Å². The summed E-state index contributed by atoms with van der Waals surface area (Å²) in [6.07, 6.45) is 6.78. The number of hydrogen-bond acceptors (Lipinski definition) is 9. The summed E-state index contributed by atoms with van der Waals surface area (Å²) in [5.41, 5.74) is 1.51. The zero-order chi connectivity index (χ0) is 26.5. The van der Waals surface area contributed by atoms with Crippen molar-refractivity contribution in [3.8, 4) is 5.75 Å². The Hall–Kier alpha value is -2.60. The third kappa shape index (κ3) is 7.25. The van der Waals surface area contributed by atoms with Crippen molar-refractivity contribution in [3.63, 3.8) is 0 Å². The number of carbonyl (C=O) groups excluding carboxylic acids is 2. The van der Waals surface area contributed by atoms with Crippen molar-refractivity contribution >= 4 is 40.0 Å². The molecular weight excluding hydrogens is 510 g/mol. The summed E-state index contributed by atoms with van der Waals surface area (Å²) in [6.45, 7) is 4.63. The van der Waals surface area contributed by atoms with E-state index >= 15 is 0 Å². The van der Waals surface area contributed by atoms with Gasteiger partial charge in [0, 0.05) is 49.6 Å². The van der Waals surface area contributed by atoms with E-state index in [4.69, 9.17) is 4.74 Å². The molecule has 1 aromatic carbocycles. The van der Waals surface area contributed by atoms with Crippen LogP contribution in [0.4, 0.5) is 5.13 Å². The lowest BCUT2D eigenvalue weighted by Crippen LogP contribution is -2.50. The molecule has 11 heteroatoms. The quantitative estimate of drug-likeness (QED) is 0.347. The fraction of sp³-hybridized carbons (Fsp3) is 0.500. The van der Waals surface area contributed by atoms with Crippen LogP contribution >= 0.6 is 23.1 Å². The molecule has 2 amide bonds. The van der Waals surface area contributed by atoms with Gasteiger partial charge in [-0.15, -0.1) is 0 Å². The number of aryl methyl sites for hydroxylation is 1. The molecule has 0 bridgehead atoms. The Morgan fingerprint density at radius 2 is 1.97 bits per heavy atom. The molecule has 1 aliphatic heterocycles. The van der Waals surface area contributed by atoms with Crippen LogP contribution in [0.3, 0.4) is 0 Å². The van der Waals surface area contributed by atoms with E-state index in [1.807, 2.05) is 44.1 Å². The molecule has 1 aromatic heterocycles. The maximum Gasteiger partial charge on any atom is 0.257 e. The number of likely N-dealkylation sites (N-methyl/N-ethyl adjacent to an activating group) is 1. The number of anilines is 1. The predicted molar refractivity (Wildman–Crippen MR) is 146 cm³/mol. The molecule has 1 unspecified atom stereocenters. The number of methoxy groups -OCH3 is 1. The van der Waals surface area contributed by atoms with Crippen molar-refractivity contribution in [2.75, 3.05) is 59.2 Å². The van der Waals surface area contributed by atoms with Crippen LogP contribution in [0, 0.1) is 12.8 Å². The number of aromatic nitrogens is 1. The van der Waals surface area contributed by atoms with E-state index in [2.05, 4.69) is 10.3 Å². The van der Waals surface area contributed by atoms with Gasteiger partial charge in [0.25, 0.3) is 5.91 Å². The molecule has 2 N–H and O–H groups in total. The van der Waals surface area contributed by atoms with Gasteiger partial charge in [-0.25, -0.2) is 4.98 Å². The Balaban J connectivity index is 1.41. The number of ether oxygens (including phenoxy) is 1. The molecule has 4 rings (SSSR count). The van der Waals surface area contributed by atoms with Crippen molar-refractivity contribution in [2.45, 2.75) is 35.1 Å². The Bertz CT molecular complexity index is 1140. The van der Waals surface area contributed by atoms with Gasteiger partial charge in [-0.2, -0.15) is 0 Å². The summed E-state index contributed by atoms with van der Waals surface area (Å²) in [5, 5.41) is 13.9. The van der Waals surface area contributed by atoms with Gasteiger partial charge in [0.2, 0.25) is 5.91 Å². The second kappa shape index (κ2) is 12.3. The number of benzene rings is 1. The van der Waals surface area contributed by atoms with Crippen molar-refractivity contribution in [3.05, 3.63) is 41.6 Å². The Morgan fingerprint density at radius 1 is 1.27 bits per heavy atom. The van der Waals surface area contributed by atoms with E-state index in [0.29, 0.717) is 55.1 Å². The smallest absolute Gasteiger partial charge is 0.257 e. The van der Waals surface area contributed by atoms with Crippen LogP contribution in [0.15, 0.2) is 39.6 Å². The van der Waals surface area contributed by atoms with Crippen LogP contribution in [0.25, 0.3) is 0 Å². The first kappa shape index (κ1) is 27.4. The maximum atomic E-state index is 13.5. The highest BCUT2D eigenvalue weighted by atomic mass is 32.2. The van der Waals surface area contributed by atoms with Crippen molar-refractivity contribution in [1.82, 2.24) is 19.7 Å². The standard InChI is InChI=1S/C26H35N5O4S2/c1-17-14-20(35-4)19(15-21(17)36-23-16-27-26(37-23)28-24(33)18-7-8-18)25(34)31-12-10-30(11-13-31)22(32)6-5-9-29(2)3/h5-6,14-16,18,24,33H,7-13H2,1-4H3,(H,27,28)/b6-5+. The van der Waals surface area contributed by atoms with Crippen LogP contribution in [0.1, 0.15) is 28.8 Å². The van der Waals surface area contributed by atoms with E-state index in [1.54, 1.807) is 40.9 Å². The number of piperazine rings is 1. The van der Waals surface area contributed by atoms with Crippen LogP contribution in [0.5, 0.6) is 5.75 Å². The van der Waals surface area contributed by atoms with Gasteiger partial charge in [0.1, 0.15) is 12.0 Å². The SMILES string of the molecule is COc1cc(C)c(Sc2cnc(NC(O)C3CC3)s2)cc1C(=O)N1CCN(C(=O)/C=C/CN(C)C)CC1. The number of aliphatic hydroxyl groups excluding tert-OH is 1. The highest BCUT2D eigenvalue weighted by molar-refractivity contribution is 8.01. The van der Waals surface area contributed by atoms with Gasteiger partial charge < -0.3 is 29.9 Å². The number of nitrogens with one attached hydrogen (secondary N) is 1. The molecule has 37 heavy (non-hydrogen) atoms. The fourth-order valence-electron chi connectivity index (χ4n) is 4.02. The van der Waals surface area contributed by atoms with Crippen molar-refractivity contribution in [1.29, 1.82) is 0 Å². The molecule has 2 heterocycles. The molecule has 2 aliphatic rings. The van der Waals surface area contributed by atoms with E-state index in [9.17, 15) is 14.7 Å². The maximum absolute atomic E-state index is 13.5. The molecule has 0 radical (unpaired) electrons. The zero-order valence-electron chi connectivity index (χ0n) is 21.8. The fourth-order valence-corrected chi connectivity index (χ4v) is 5.99. The van der Waals surface area contributed by atoms with Crippen molar-refractivity contribution in [2.24, 2.45) is 5.92 Å². The van der Waals surface area contributed by atoms with Crippen LogP contribution < -0.4 is 10.1 Å². The lowest BCUT2D eigenvalue weighted by Gasteiger charge is -2.34. The molecule has 2 aromatic rings. The van der Waals surface area contributed by atoms with E-state index in [-0.39, 0.29) is 11.8 Å². The first-order chi connectivity index (χ1) is 17.7. The first-order valence-electron chi connectivity index (χ1n) is 12.4. The molecule has 9 nitrogen and oxygen atoms in total. The summed E-state index contributed by atoms with van der Waals surface area (Å²) < 4.78 is 6.52. The van der Waals surface area contributed by atoms with Crippen LogP contribution in [-0.4, -0.2) is 96.8 Å². The summed E-state index contributed by atoms with van der Waals surface area (Å²) >= 11 is 3.02. The number of thiazole rings is 1. The first-order valence-corrected chi connectivity index (χ1v) is 14.0. The molecular formula is C26H35N5O4S2. The van der Waals surface area contributed by atoms with Gasteiger partial charge in [-0.05, 0) is 51.6 Å². The van der Waals surface area contributed by atoms with Crippen LogP contribution in [-0.2, 0) is 4.79 Å². The number of nitrogens with zero attached hydrogens (tertiary/aromatic N) is 4. The van der Waals surface area contributed by atoms with Gasteiger partial charge in [0.05, 0.1) is 23.1 Å². The molecule has 1 saturated carbocycles. The van der Waals surface area contributed by atoms with Gasteiger partial charge in [-0.3, -0.25) is 9.59 Å². The van der Waals surface area contributed by atoms with Gasteiger partial charge >= 0.3 is 0 Å². The number of carbonyl (C=O) groups is 2. The monoisotopic (exact) mass is 545 g/mol. The Morgan fingerprint density at radius 3 is 2.62 bits per heavy atom. The topological polar surface area (TPSA) is 98.2 Å². The largest absolute Gasteiger partial charge is 0.496 e. The number of amides is 2. The lowest BCUT2D eigenvalue weighted by atomic mass is 10.1. The highest BCUT2D eigenvalue weighted by Gasteiger charge is 2.30. The summed E-state index contributed by atoms with van der Waals surface area (Å²) in [4.78, 5) is 36.8. The third-order valence-electron chi connectivity index (χ3n) is 6.37. The van der Waals surface area contributed by atoms with Gasteiger partial charge in [0.15, 0.2) is 5.13 Å². The summed E-state index contributed by atoms with van der Waals surface area (Å²) in [5.74, 6) is 0.727. The molecule has 1 aliphatic carbocycles. The molecule has 1 atom stereocenters. The predicted octanol–water partition coefficient (Wildman–Crippen LogP) is 3.15. The second-order valence-electron chi connectivity index (χ2n) is 9.61. The van der Waals surface area contributed by atoms with E-state index in [1.165, 1.54) is 11.3 Å². The highest BCUT2D eigenvalue weighted by Crippen LogP contribution is 2.39. The molecule has 2 fully saturated rings.